The third-order valence-electron chi connectivity index (χ3n) is 6.83. The molecule has 2 aromatic rings. The van der Waals surface area contributed by atoms with E-state index >= 15 is 0 Å². The summed E-state index contributed by atoms with van der Waals surface area (Å²) in [6, 6.07) is 3.72. The fraction of sp³-hybridized carbons (Fsp3) is 0.577. The second-order valence-electron chi connectivity index (χ2n) is 9.94. The molecule has 13 heteroatoms. The van der Waals surface area contributed by atoms with E-state index < -0.39 is 27.5 Å². The summed E-state index contributed by atoms with van der Waals surface area (Å²) in [5.41, 5.74) is 0.388. The Morgan fingerprint density at radius 2 is 1.79 bits per heavy atom. The summed E-state index contributed by atoms with van der Waals surface area (Å²) >= 11 is 0. The van der Waals surface area contributed by atoms with E-state index in [1.807, 2.05) is 6.92 Å². The molecule has 1 aliphatic rings. The van der Waals surface area contributed by atoms with Crippen LogP contribution in [0.15, 0.2) is 30.6 Å². The first-order chi connectivity index (χ1) is 18.3. The minimum atomic E-state index is -4.49. The van der Waals surface area contributed by atoms with Crippen LogP contribution in [0.3, 0.4) is 0 Å². The number of carboxylic acid groups (broad SMARTS) is 1. The van der Waals surface area contributed by atoms with Crippen molar-refractivity contribution in [3.63, 3.8) is 0 Å². The second-order valence-corrected chi connectivity index (χ2v) is 12.2. The molecule has 0 aliphatic heterocycles. The topological polar surface area (TPSA) is 122 Å². The molecule has 3 rings (SSSR count). The van der Waals surface area contributed by atoms with Crippen LogP contribution in [0.4, 0.5) is 24.8 Å². The third kappa shape index (κ3) is 9.86. The smallest absolute Gasteiger partial charge is 0.416 e. The molecule has 39 heavy (non-hydrogen) atoms. The first-order valence-corrected chi connectivity index (χ1v) is 14.9. The van der Waals surface area contributed by atoms with Crippen LogP contribution >= 0.6 is 0 Å². The number of nitrogens with zero attached hydrogens (tertiary/aromatic N) is 3. The van der Waals surface area contributed by atoms with Gasteiger partial charge in [-0.3, -0.25) is 4.79 Å². The highest BCUT2D eigenvalue weighted by molar-refractivity contribution is 7.90. The Balaban J connectivity index is 1.69. The van der Waals surface area contributed by atoms with Gasteiger partial charge in [0.1, 0.15) is 6.61 Å². The van der Waals surface area contributed by atoms with Gasteiger partial charge in [-0.05, 0) is 68.2 Å². The molecular weight excluding hydrogens is 537 g/mol. The molecular formula is C26H35F3N4O5S. The van der Waals surface area contributed by atoms with E-state index in [9.17, 15) is 26.4 Å². The number of sulfone groups is 1. The highest BCUT2D eigenvalue weighted by Crippen LogP contribution is 2.35. The van der Waals surface area contributed by atoms with Crippen molar-refractivity contribution in [2.45, 2.75) is 51.7 Å². The van der Waals surface area contributed by atoms with Gasteiger partial charge in [0.05, 0.1) is 23.7 Å². The Bertz CT molecular complexity index is 1200. The number of carboxylic acids is 1. The number of ether oxygens (including phenoxy) is 1. The summed E-state index contributed by atoms with van der Waals surface area (Å²) in [6.07, 6.45) is 2.96. The lowest BCUT2D eigenvalue weighted by Crippen LogP contribution is -2.32. The number of rotatable bonds is 13. The predicted octanol–water partition coefficient (Wildman–Crippen LogP) is 4.64. The highest BCUT2D eigenvalue weighted by atomic mass is 32.2. The van der Waals surface area contributed by atoms with Crippen LogP contribution in [0.1, 0.15) is 50.2 Å². The fourth-order valence-corrected chi connectivity index (χ4v) is 5.14. The lowest BCUT2D eigenvalue weighted by Gasteiger charge is -2.34. The SMILES string of the molecule is CCN(C[C@H]1CC[C@H](CC(=O)O)CC1)c1ccc(C(F)(F)F)cc1CNc1ncc(OCCS(C)(=O)=O)cn1. The molecule has 216 valence electrons. The van der Waals surface area contributed by atoms with E-state index in [1.54, 1.807) is 0 Å². The summed E-state index contributed by atoms with van der Waals surface area (Å²) in [7, 11) is -3.17. The molecule has 1 aromatic carbocycles. The number of carbonyl (C=O) groups is 1. The summed E-state index contributed by atoms with van der Waals surface area (Å²) in [5, 5.41) is 12.0. The number of aliphatic carboxylic acids is 1. The van der Waals surface area contributed by atoms with Crippen LogP contribution in [-0.4, -0.2) is 61.2 Å². The van der Waals surface area contributed by atoms with Crippen molar-refractivity contribution < 1.29 is 36.2 Å². The van der Waals surface area contributed by atoms with Gasteiger partial charge in [0.15, 0.2) is 15.6 Å². The number of halogens is 3. The molecule has 0 spiro atoms. The van der Waals surface area contributed by atoms with Gasteiger partial charge in [0.25, 0.3) is 0 Å². The van der Waals surface area contributed by atoms with Gasteiger partial charge in [-0.2, -0.15) is 13.2 Å². The molecule has 0 atom stereocenters. The highest BCUT2D eigenvalue weighted by Gasteiger charge is 2.32. The van der Waals surface area contributed by atoms with Crippen LogP contribution in [-0.2, 0) is 27.4 Å². The Kier molecular flexibility index (Phi) is 10.4. The number of hydrogen-bond donors (Lipinski definition) is 2. The molecule has 1 heterocycles. The van der Waals surface area contributed by atoms with Gasteiger partial charge in [-0.25, -0.2) is 18.4 Å². The second kappa shape index (κ2) is 13.3. The maximum atomic E-state index is 13.5. The van der Waals surface area contributed by atoms with Crippen molar-refractivity contribution in [3.05, 3.63) is 41.7 Å². The molecule has 0 saturated heterocycles. The van der Waals surface area contributed by atoms with Crippen molar-refractivity contribution in [1.82, 2.24) is 9.97 Å². The monoisotopic (exact) mass is 572 g/mol. The van der Waals surface area contributed by atoms with Gasteiger partial charge in [0.2, 0.25) is 5.95 Å². The van der Waals surface area contributed by atoms with E-state index in [0.717, 1.165) is 44.1 Å². The average molecular weight is 573 g/mol. The first-order valence-electron chi connectivity index (χ1n) is 12.9. The summed E-state index contributed by atoms with van der Waals surface area (Å²) in [4.78, 5) is 21.3. The Labute approximate surface area is 226 Å². The Hall–Kier alpha value is -3.09. The predicted molar refractivity (Wildman–Crippen MR) is 142 cm³/mol. The normalized spacial score (nSPS) is 18.0. The van der Waals surface area contributed by atoms with Crippen molar-refractivity contribution >= 4 is 27.4 Å². The maximum Gasteiger partial charge on any atom is 0.416 e. The molecule has 0 bridgehead atoms. The van der Waals surface area contributed by atoms with E-state index in [2.05, 4.69) is 20.2 Å². The van der Waals surface area contributed by atoms with Crippen molar-refractivity contribution in [2.24, 2.45) is 11.8 Å². The van der Waals surface area contributed by atoms with Crippen LogP contribution in [0.25, 0.3) is 0 Å². The molecule has 0 radical (unpaired) electrons. The van der Waals surface area contributed by atoms with Crippen LogP contribution in [0.2, 0.25) is 0 Å². The van der Waals surface area contributed by atoms with Crippen LogP contribution in [0, 0.1) is 11.8 Å². The summed E-state index contributed by atoms with van der Waals surface area (Å²) in [5.74, 6) is 0.0393. The fourth-order valence-electron chi connectivity index (χ4n) is 4.75. The average Bonchev–Trinajstić information content (AvgIpc) is 2.86. The zero-order valence-corrected chi connectivity index (χ0v) is 22.9. The minimum absolute atomic E-state index is 0.0450. The lowest BCUT2D eigenvalue weighted by atomic mass is 9.80. The molecule has 9 nitrogen and oxygen atoms in total. The van der Waals surface area contributed by atoms with Gasteiger partial charge < -0.3 is 20.1 Å². The zero-order chi connectivity index (χ0) is 28.6. The third-order valence-corrected chi connectivity index (χ3v) is 7.73. The number of nitrogens with one attached hydrogen (secondary N) is 1. The number of aromatic nitrogens is 2. The molecule has 0 amide bonds. The zero-order valence-electron chi connectivity index (χ0n) is 22.1. The maximum absolute atomic E-state index is 13.5. The standard InChI is InChI=1S/C26H35F3N4O5S/c1-3-33(17-19-6-4-18(5-7-19)12-24(34)35)23-9-8-21(26(27,28)29)13-20(23)14-30-25-31-15-22(16-32-25)38-10-11-39(2,36)37/h8-9,13,15-16,18-19H,3-7,10-12,14,17H2,1-2H3,(H,34,35)(H,30,31,32)/t18-,19-. The number of anilines is 2. The van der Waals surface area contributed by atoms with Gasteiger partial charge in [0, 0.05) is 38.0 Å². The quantitative estimate of drug-likeness (QED) is 0.354. The van der Waals surface area contributed by atoms with E-state index in [4.69, 9.17) is 9.84 Å². The van der Waals surface area contributed by atoms with Crippen molar-refractivity contribution in [3.8, 4) is 5.75 Å². The van der Waals surface area contributed by atoms with E-state index in [1.165, 1.54) is 18.5 Å². The van der Waals surface area contributed by atoms with Gasteiger partial charge in [-0.15, -0.1) is 0 Å². The lowest BCUT2D eigenvalue weighted by molar-refractivity contribution is -0.139. The minimum Gasteiger partial charge on any atom is -0.489 e. The summed E-state index contributed by atoms with van der Waals surface area (Å²) in [6.45, 7) is 3.23. The van der Waals surface area contributed by atoms with Crippen LogP contribution in [0.5, 0.6) is 5.75 Å². The summed E-state index contributed by atoms with van der Waals surface area (Å²) < 4.78 is 68.3. The van der Waals surface area contributed by atoms with E-state index in [-0.39, 0.29) is 42.9 Å². The molecule has 1 aliphatic carbocycles. The molecule has 1 fully saturated rings. The van der Waals surface area contributed by atoms with Gasteiger partial charge in [-0.1, -0.05) is 0 Å². The largest absolute Gasteiger partial charge is 0.489 e. The molecule has 2 N–H and O–H groups in total. The molecule has 0 unspecified atom stereocenters. The van der Waals surface area contributed by atoms with Gasteiger partial charge >= 0.3 is 12.1 Å². The first kappa shape index (κ1) is 30.5. The number of benzene rings is 1. The Morgan fingerprint density at radius 3 is 2.36 bits per heavy atom. The van der Waals surface area contributed by atoms with Crippen molar-refractivity contribution in [1.29, 1.82) is 0 Å². The van der Waals surface area contributed by atoms with Crippen LogP contribution < -0.4 is 15.0 Å². The molecule has 1 saturated carbocycles. The number of alkyl halides is 3. The number of hydrogen-bond acceptors (Lipinski definition) is 8. The Morgan fingerprint density at radius 1 is 1.15 bits per heavy atom. The molecule has 1 aromatic heterocycles. The van der Waals surface area contributed by atoms with E-state index in [0.29, 0.717) is 30.3 Å². The van der Waals surface area contributed by atoms with Crippen molar-refractivity contribution in [2.75, 3.05) is 41.9 Å².